The third-order valence-corrected chi connectivity index (χ3v) is 3.73. The molecule has 0 aliphatic rings. The topological polar surface area (TPSA) is 50.2 Å². The summed E-state index contributed by atoms with van der Waals surface area (Å²) in [6, 6.07) is 13.5. The Kier molecular flexibility index (Phi) is 4.36. The largest absolute Gasteiger partial charge is 0.481 e. The molecule has 0 saturated heterocycles. The van der Waals surface area contributed by atoms with Crippen molar-refractivity contribution >= 4 is 17.7 Å². The molecule has 1 aromatic carbocycles. The summed E-state index contributed by atoms with van der Waals surface area (Å²) in [4.78, 5) is 15.9. The molecule has 1 atom stereocenters. The highest BCUT2D eigenvalue weighted by Crippen LogP contribution is 2.37. The summed E-state index contributed by atoms with van der Waals surface area (Å²) in [6.07, 6.45) is 3.54. The van der Waals surface area contributed by atoms with E-state index in [0.717, 1.165) is 10.5 Å². The van der Waals surface area contributed by atoms with Gasteiger partial charge in [0, 0.05) is 22.5 Å². The first-order valence-electron chi connectivity index (χ1n) is 5.59. The summed E-state index contributed by atoms with van der Waals surface area (Å²) in [5.74, 6) is -0.787. The quantitative estimate of drug-likeness (QED) is 0.836. The lowest BCUT2D eigenvalue weighted by Gasteiger charge is -2.14. The van der Waals surface area contributed by atoms with E-state index in [9.17, 15) is 4.79 Å². The molecule has 18 heavy (non-hydrogen) atoms. The molecule has 4 heteroatoms. The van der Waals surface area contributed by atoms with E-state index in [-0.39, 0.29) is 11.7 Å². The highest BCUT2D eigenvalue weighted by atomic mass is 32.2. The van der Waals surface area contributed by atoms with E-state index in [0.29, 0.717) is 0 Å². The zero-order valence-corrected chi connectivity index (χ0v) is 10.5. The third kappa shape index (κ3) is 3.60. The molecule has 1 unspecified atom stereocenters. The minimum absolute atomic E-state index is 0.0777. The standard InChI is InChI=1S/C14H13NO2S/c16-14(17)10-13(11-4-2-1-3-5-11)18-12-6-8-15-9-7-12/h1-9,13H,10H2,(H,16,17). The lowest BCUT2D eigenvalue weighted by molar-refractivity contribution is -0.137. The van der Waals surface area contributed by atoms with E-state index in [1.807, 2.05) is 42.5 Å². The van der Waals surface area contributed by atoms with E-state index in [1.54, 1.807) is 24.2 Å². The maximum atomic E-state index is 10.9. The number of nitrogens with zero attached hydrogens (tertiary/aromatic N) is 1. The van der Waals surface area contributed by atoms with Crippen LogP contribution in [0.3, 0.4) is 0 Å². The summed E-state index contributed by atoms with van der Waals surface area (Å²) >= 11 is 1.55. The van der Waals surface area contributed by atoms with Gasteiger partial charge in [-0.2, -0.15) is 0 Å². The first-order chi connectivity index (χ1) is 8.75. The normalized spacial score (nSPS) is 12.0. The highest BCUT2D eigenvalue weighted by Gasteiger charge is 2.16. The molecule has 1 N–H and O–H groups in total. The van der Waals surface area contributed by atoms with Crippen molar-refractivity contribution in [3.8, 4) is 0 Å². The second-order valence-corrected chi connectivity index (χ2v) is 5.07. The lowest BCUT2D eigenvalue weighted by atomic mass is 10.1. The number of aromatic nitrogens is 1. The zero-order chi connectivity index (χ0) is 12.8. The summed E-state index contributed by atoms with van der Waals surface area (Å²) in [6.45, 7) is 0. The Labute approximate surface area is 110 Å². The number of rotatable bonds is 5. The van der Waals surface area contributed by atoms with Gasteiger partial charge < -0.3 is 5.11 Å². The van der Waals surface area contributed by atoms with E-state index in [2.05, 4.69) is 4.98 Å². The van der Waals surface area contributed by atoms with Crippen LogP contribution < -0.4 is 0 Å². The number of thioether (sulfide) groups is 1. The van der Waals surface area contributed by atoms with Crippen molar-refractivity contribution in [2.24, 2.45) is 0 Å². The van der Waals surface area contributed by atoms with Crippen molar-refractivity contribution in [3.63, 3.8) is 0 Å². The lowest BCUT2D eigenvalue weighted by Crippen LogP contribution is -2.03. The van der Waals surface area contributed by atoms with Gasteiger partial charge in [-0.25, -0.2) is 0 Å². The molecule has 1 heterocycles. The van der Waals surface area contributed by atoms with Crippen molar-refractivity contribution in [1.82, 2.24) is 4.98 Å². The highest BCUT2D eigenvalue weighted by molar-refractivity contribution is 7.99. The summed E-state index contributed by atoms with van der Waals surface area (Å²) in [5, 5.41) is 8.92. The van der Waals surface area contributed by atoms with Gasteiger partial charge in [0.25, 0.3) is 0 Å². The van der Waals surface area contributed by atoms with Crippen LogP contribution in [0.5, 0.6) is 0 Å². The van der Waals surface area contributed by atoms with Crippen LogP contribution in [0, 0.1) is 0 Å². The molecule has 0 bridgehead atoms. The summed E-state index contributed by atoms with van der Waals surface area (Å²) in [7, 11) is 0. The number of carboxylic acids is 1. The predicted octanol–water partition coefficient (Wildman–Crippen LogP) is 3.39. The Morgan fingerprint density at radius 1 is 1.17 bits per heavy atom. The molecule has 0 saturated carbocycles. The fraction of sp³-hybridized carbons (Fsp3) is 0.143. The number of carboxylic acid groups (broad SMARTS) is 1. The van der Waals surface area contributed by atoms with Crippen LogP contribution in [0.25, 0.3) is 0 Å². The molecule has 0 fully saturated rings. The molecule has 2 aromatic rings. The second-order valence-electron chi connectivity index (χ2n) is 3.80. The molecule has 0 amide bonds. The minimum Gasteiger partial charge on any atom is -0.481 e. The van der Waals surface area contributed by atoms with E-state index >= 15 is 0 Å². The van der Waals surface area contributed by atoms with Crippen LogP contribution in [-0.2, 0) is 4.79 Å². The molecule has 92 valence electrons. The molecule has 0 aliphatic heterocycles. The van der Waals surface area contributed by atoms with Gasteiger partial charge in [-0.3, -0.25) is 9.78 Å². The molecule has 3 nitrogen and oxygen atoms in total. The van der Waals surface area contributed by atoms with Crippen LogP contribution >= 0.6 is 11.8 Å². The zero-order valence-electron chi connectivity index (χ0n) is 9.69. The van der Waals surface area contributed by atoms with Crippen molar-refractivity contribution in [2.75, 3.05) is 0 Å². The van der Waals surface area contributed by atoms with Crippen LogP contribution in [0.2, 0.25) is 0 Å². The molecular weight excluding hydrogens is 246 g/mol. The second kappa shape index (κ2) is 6.21. The number of benzene rings is 1. The number of carbonyl (C=O) groups is 1. The fourth-order valence-electron chi connectivity index (χ4n) is 1.63. The number of hydrogen-bond donors (Lipinski definition) is 1. The first kappa shape index (κ1) is 12.6. The maximum absolute atomic E-state index is 10.9. The first-order valence-corrected chi connectivity index (χ1v) is 6.47. The van der Waals surface area contributed by atoms with Crippen LogP contribution in [0.1, 0.15) is 17.2 Å². The SMILES string of the molecule is O=C(O)CC(Sc1ccncc1)c1ccccc1. The average Bonchev–Trinajstić information content (AvgIpc) is 2.40. The molecule has 0 radical (unpaired) electrons. The van der Waals surface area contributed by atoms with Gasteiger partial charge in [-0.1, -0.05) is 30.3 Å². The van der Waals surface area contributed by atoms with Crippen LogP contribution in [0.4, 0.5) is 0 Å². The van der Waals surface area contributed by atoms with Gasteiger partial charge in [0.2, 0.25) is 0 Å². The minimum atomic E-state index is -0.787. The van der Waals surface area contributed by atoms with Gasteiger partial charge in [0.05, 0.1) is 6.42 Å². The van der Waals surface area contributed by atoms with Crippen LogP contribution in [0.15, 0.2) is 59.8 Å². The van der Waals surface area contributed by atoms with Crippen molar-refractivity contribution in [1.29, 1.82) is 0 Å². The Bertz CT molecular complexity index is 502. The Morgan fingerprint density at radius 2 is 1.83 bits per heavy atom. The maximum Gasteiger partial charge on any atom is 0.304 e. The monoisotopic (exact) mass is 259 g/mol. The molecule has 1 aromatic heterocycles. The number of pyridine rings is 1. The van der Waals surface area contributed by atoms with Crippen molar-refractivity contribution in [3.05, 3.63) is 60.4 Å². The van der Waals surface area contributed by atoms with Gasteiger partial charge in [0.15, 0.2) is 0 Å². The predicted molar refractivity (Wildman–Crippen MR) is 71.5 cm³/mol. The molecular formula is C14H13NO2S. The molecule has 0 spiro atoms. The van der Waals surface area contributed by atoms with Gasteiger partial charge in [-0.05, 0) is 17.7 Å². The number of hydrogen-bond acceptors (Lipinski definition) is 3. The third-order valence-electron chi connectivity index (χ3n) is 2.46. The Hall–Kier alpha value is -1.81. The Balaban J connectivity index is 2.18. The smallest absolute Gasteiger partial charge is 0.304 e. The summed E-state index contributed by atoms with van der Waals surface area (Å²) in [5.41, 5.74) is 1.03. The van der Waals surface area contributed by atoms with Crippen molar-refractivity contribution in [2.45, 2.75) is 16.6 Å². The fourth-order valence-corrected chi connectivity index (χ4v) is 2.76. The van der Waals surface area contributed by atoms with E-state index in [1.165, 1.54) is 0 Å². The number of aliphatic carboxylic acids is 1. The van der Waals surface area contributed by atoms with Gasteiger partial charge in [-0.15, -0.1) is 11.8 Å². The van der Waals surface area contributed by atoms with Gasteiger partial charge in [0.1, 0.15) is 0 Å². The van der Waals surface area contributed by atoms with Gasteiger partial charge >= 0.3 is 5.97 Å². The Morgan fingerprint density at radius 3 is 2.44 bits per heavy atom. The van der Waals surface area contributed by atoms with Crippen LogP contribution in [-0.4, -0.2) is 16.1 Å². The van der Waals surface area contributed by atoms with Crippen molar-refractivity contribution < 1.29 is 9.90 Å². The molecule has 2 rings (SSSR count). The molecule has 0 aliphatic carbocycles. The average molecular weight is 259 g/mol. The summed E-state index contributed by atoms with van der Waals surface area (Å²) < 4.78 is 0. The van der Waals surface area contributed by atoms with E-state index in [4.69, 9.17) is 5.11 Å². The van der Waals surface area contributed by atoms with E-state index < -0.39 is 5.97 Å².